The molecule has 0 bridgehead atoms. The van der Waals surface area contributed by atoms with Gasteiger partial charge in [-0.25, -0.2) is 0 Å². The summed E-state index contributed by atoms with van der Waals surface area (Å²) in [7, 11) is 0. The molecule has 0 aliphatic heterocycles. The van der Waals surface area contributed by atoms with Crippen LogP contribution in [0.4, 0.5) is 0 Å². The van der Waals surface area contributed by atoms with E-state index in [9.17, 15) is 19.8 Å². The number of aliphatic carboxylic acids is 1. The maximum absolute atomic E-state index is 12.5. The molecule has 1 amide bonds. The fourth-order valence-electron chi connectivity index (χ4n) is 4.09. The van der Waals surface area contributed by atoms with E-state index in [1.165, 1.54) is 6.20 Å². The van der Waals surface area contributed by atoms with E-state index in [2.05, 4.69) is 15.6 Å². The van der Waals surface area contributed by atoms with Crippen molar-refractivity contribution in [2.45, 2.75) is 18.6 Å². The zero-order valence-electron chi connectivity index (χ0n) is 20.9. The molecule has 1 heterocycles. The van der Waals surface area contributed by atoms with Crippen LogP contribution in [0.25, 0.3) is 10.9 Å². The first kappa shape index (κ1) is 31.5. The van der Waals surface area contributed by atoms with Crippen LogP contribution in [0.5, 0.6) is 11.5 Å². The van der Waals surface area contributed by atoms with E-state index in [0.29, 0.717) is 39.4 Å². The molecule has 4 rings (SSSR count). The van der Waals surface area contributed by atoms with Crippen LogP contribution in [-0.4, -0.2) is 87.5 Å². The average Bonchev–Trinajstić information content (AvgIpc) is 2.94. The van der Waals surface area contributed by atoms with E-state index in [0.717, 1.165) is 5.56 Å². The first-order chi connectivity index (χ1) is 18.8. The SMILES string of the molecule is O=C(O)CNC(=O)c1cccc2c(Oc3ccc(C[C@@H](CO)NC[C@@H](O)c4cccc(Cl)c4)cc3)ccnc12.[NaH]. The summed E-state index contributed by atoms with van der Waals surface area (Å²) < 4.78 is 6.07. The summed E-state index contributed by atoms with van der Waals surface area (Å²) in [4.78, 5) is 27.6. The number of hydrogen-bond donors (Lipinski definition) is 5. The molecule has 0 aliphatic carbocycles. The van der Waals surface area contributed by atoms with Gasteiger partial charge in [-0.1, -0.05) is 41.9 Å². The van der Waals surface area contributed by atoms with Crippen molar-refractivity contribution in [3.63, 3.8) is 0 Å². The number of para-hydroxylation sites is 1. The van der Waals surface area contributed by atoms with Gasteiger partial charge >= 0.3 is 35.5 Å². The van der Waals surface area contributed by atoms with Crippen molar-refractivity contribution in [2.24, 2.45) is 0 Å². The Morgan fingerprint density at radius 3 is 2.48 bits per heavy atom. The minimum atomic E-state index is -1.14. The first-order valence-corrected chi connectivity index (χ1v) is 12.6. The molecule has 5 N–H and O–H groups in total. The number of nitrogens with one attached hydrogen (secondary N) is 2. The number of rotatable bonds is 12. The van der Waals surface area contributed by atoms with E-state index in [-0.39, 0.29) is 54.3 Å². The van der Waals surface area contributed by atoms with Crippen molar-refractivity contribution in [2.75, 3.05) is 19.7 Å². The van der Waals surface area contributed by atoms with Crippen LogP contribution in [0.1, 0.15) is 27.6 Å². The number of carboxylic acids is 1. The Labute approximate surface area is 258 Å². The van der Waals surface area contributed by atoms with Crippen LogP contribution in [0.15, 0.2) is 79.0 Å². The summed E-state index contributed by atoms with van der Waals surface area (Å²) in [6.45, 7) is -0.336. The minimum absolute atomic E-state index is 0. The first-order valence-electron chi connectivity index (χ1n) is 12.3. The van der Waals surface area contributed by atoms with E-state index in [1.54, 1.807) is 60.7 Å². The third-order valence-corrected chi connectivity index (χ3v) is 6.30. The predicted molar refractivity (Wildman–Crippen MR) is 154 cm³/mol. The number of carboxylic acid groups (broad SMARTS) is 1. The molecule has 4 aromatic rings. The van der Waals surface area contributed by atoms with Gasteiger partial charge in [0.1, 0.15) is 18.0 Å². The van der Waals surface area contributed by atoms with Crippen LogP contribution in [0.2, 0.25) is 5.02 Å². The number of carbonyl (C=O) groups is 2. The van der Waals surface area contributed by atoms with Gasteiger partial charge in [0.05, 0.1) is 23.8 Å². The molecule has 0 fully saturated rings. The number of amides is 1. The number of aromatic nitrogens is 1. The van der Waals surface area contributed by atoms with Gasteiger partial charge in [-0.2, -0.15) is 0 Å². The normalized spacial score (nSPS) is 12.3. The number of halogens is 1. The van der Waals surface area contributed by atoms with Crippen molar-refractivity contribution in [1.29, 1.82) is 0 Å². The third kappa shape index (κ3) is 8.49. The second-order valence-corrected chi connectivity index (χ2v) is 9.33. The maximum atomic E-state index is 12.5. The van der Waals surface area contributed by atoms with Gasteiger partial charge in [0.2, 0.25) is 0 Å². The van der Waals surface area contributed by atoms with Crippen LogP contribution < -0.4 is 15.4 Å². The summed E-state index contributed by atoms with van der Waals surface area (Å²) in [6, 6.07) is 20.9. The standard InChI is InChI=1S/C29H28ClN3O6.Na.H/c30-20-4-1-3-19(14-20)25(35)15-32-21(17-34)13-18-7-9-22(10-8-18)39-26-11-12-31-28-23(26)5-2-6-24(28)29(38)33-16-27(36)37;;/h1-12,14,21,25,32,34-35H,13,15-17H2,(H,33,38)(H,36,37);;/t21-,25+;;/m0../s1. The summed E-state index contributed by atoms with van der Waals surface area (Å²) in [6.07, 6.45) is 1.30. The molecule has 204 valence electrons. The van der Waals surface area contributed by atoms with E-state index < -0.39 is 24.5 Å². The Morgan fingerprint density at radius 2 is 1.77 bits per heavy atom. The molecule has 0 unspecified atom stereocenters. The second kappa shape index (κ2) is 15.1. The van der Waals surface area contributed by atoms with Gasteiger partial charge < -0.3 is 30.7 Å². The number of pyridine rings is 1. The molecule has 11 heteroatoms. The second-order valence-electron chi connectivity index (χ2n) is 8.90. The Morgan fingerprint density at radius 1 is 1.02 bits per heavy atom. The quantitative estimate of drug-likeness (QED) is 0.163. The number of aliphatic hydroxyl groups is 2. The monoisotopic (exact) mass is 573 g/mol. The topological polar surface area (TPSA) is 141 Å². The van der Waals surface area contributed by atoms with Crippen LogP contribution in [-0.2, 0) is 11.2 Å². The van der Waals surface area contributed by atoms with Crippen molar-refractivity contribution >= 4 is 63.9 Å². The number of benzene rings is 3. The Balaban J connectivity index is 0.00000441. The summed E-state index contributed by atoms with van der Waals surface area (Å²) in [5.41, 5.74) is 2.30. The average molecular weight is 574 g/mol. The van der Waals surface area contributed by atoms with Gasteiger partial charge in [0.25, 0.3) is 5.91 Å². The van der Waals surface area contributed by atoms with Gasteiger partial charge in [0.15, 0.2) is 0 Å². The van der Waals surface area contributed by atoms with Crippen LogP contribution in [0.3, 0.4) is 0 Å². The molecule has 3 aromatic carbocycles. The molecule has 0 radical (unpaired) electrons. The molecule has 40 heavy (non-hydrogen) atoms. The number of fused-ring (bicyclic) bond motifs is 1. The fourth-order valence-corrected chi connectivity index (χ4v) is 4.29. The summed E-state index contributed by atoms with van der Waals surface area (Å²) in [5, 5.41) is 35.8. The van der Waals surface area contributed by atoms with Gasteiger partial charge in [-0.15, -0.1) is 0 Å². The summed E-state index contributed by atoms with van der Waals surface area (Å²) in [5.74, 6) is -0.619. The van der Waals surface area contributed by atoms with E-state index >= 15 is 0 Å². The molecular weight excluding hydrogens is 545 g/mol. The number of hydrogen-bond acceptors (Lipinski definition) is 7. The fraction of sp³-hybridized carbons (Fsp3) is 0.207. The number of ether oxygens (including phenoxy) is 1. The Kier molecular flexibility index (Phi) is 11.9. The van der Waals surface area contributed by atoms with Crippen molar-refractivity contribution in [1.82, 2.24) is 15.6 Å². The molecule has 0 aliphatic rings. The predicted octanol–water partition coefficient (Wildman–Crippen LogP) is 3.07. The molecule has 1 aromatic heterocycles. The number of aliphatic hydroxyl groups excluding tert-OH is 2. The Hall–Kier alpha value is -3.02. The molecule has 0 spiro atoms. The summed E-state index contributed by atoms with van der Waals surface area (Å²) >= 11 is 6.00. The van der Waals surface area contributed by atoms with Gasteiger partial charge in [0, 0.05) is 29.2 Å². The zero-order chi connectivity index (χ0) is 27.8. The third-order valence-electron chi connectivity index (χ3n) is 6.06. The van der Waals surface area contributed by atoms with Crippen molar-refractivity contribution in [3.05, 3.63) is 101 Å². The molecule has 9 nitrogen and oxygen atoms in total. The molecule has 0 saturated heterocycles. The van der Waals surface area contributed by atoms with Crippen molar-refractivity contribution < 1.29 is 29.6 Å². The zero-order valence-corrected chi connectivity index (χ0v) is 21.6. The molecule has 2 atom stereocenters. The van der Waals surface area contributed by atoms with Gasteiger partial charge in [-0.05, 0) is 60.0 Å². The van der Waals surface area contributed by atoms with E-state index in [4.69, 9.17) is 21.4 Å². The van der Waals surface area contributed by atoms with Crippen LogP contribution in [0, 0.1) is 0 Å². The van der Waals surface area contributed by atoms with Crippen molar-refractivity contribution in [3.8, 4) is 11.5 Å². The number of nitrogens with zero attached hydrogens (tertiary/aromatic N) is 1. The molecular formula is C29H29ClN3NaO6. The Bertz CT molecular complexity index is 1450. The molecule has 0 saturated carbocycles. The number of carbonyl (C=O) groups excluding carboxylic acids is 1. The van der Waals surface area contributed by atoms with Crippen LogP contribution >= 0.6 is 11.6 Å². The van der Waals surface area contributed by atoms with Gasteiger partial charge in [-0.3, -0.25) is 14.6 Å². The van der Waals surface area contributed by atoms with E-state index in [1.807, 2.05) is 12.1 Å².